The molecule has 78 valence electrons. The van der Waals surface area contributed by atoms with E-state index in [1.807, 2.05) is 13.8 Å². The number of hydrogen-bond acceptors (Lipinski definition) is 2. The largest absolute Gasteiger partial charge is 0.350 e. The van der Waals surface area contributed by atoms with Gasteiger partial charge >= 0.3 is 0 Å². The third kappa shape index (κ3) is 2.81. The van der Waals surface area contributed by atoms with Crippen molar-refractivity contribution in [3.63, 3.8) is 0 Å². The molecule has 1 amide bonds. The number of rotatable bonds is 3. The van der Waals surface area contributed by atoms with Crippen LogP contribution in [-0.2, 0) is 0 Å². The third-order valence-electron chi connectivity index (χ3n) is 1.55. The molecule has 1 rings (SSSR count). The van der Waals surface area contributed by atoms with Gasteiger partial charge in [-0.3, -0.25) is 9.89 Å². The molecule has 4 nitrogen and oxygen atoms in total. The van der Waals surface area contributed by atoms with Crippen molar-refractivity contribution in [3.8, 4) is 0 Å². The molecule has 0 aliphatic heterocycles. The number of aromatic amines is 1. The summed E-state index contributed by atoms with van der Waals surface area (Å²) < 4.78 is 1.32. The molecular formula is C8H11Br2N3O. The summed E-state index contributed by atoms with van der Waals surface area (Å²) in [6.45, 7) is 4.72. The molecule has 0 saturated heterocycles. The van der Waals surface area contributed by atoms with E-state index >= 15 is 0 Å². The Balaban J connectivity index is 2.66. The summed E-state index contributed by atoms with van der Waals surface area (Å²) >= 11 is 6.48. The molecule has 0 radical (unpaired) electrons. The maximum atomic E-state index is 11.5. The highest BCUT2D eigenvalue weighted by molar-refractivity contribution is 9.13. The van der Waals surface area contributed by atoms with Crippen molar-refractivity contribution in [2.75, 3.05) is 6.54 Å². The molecule has 0 aromatic carbocycles. The van der Waals surface area contributed by atoms with Crippen molar-refractivity contribution in [2.24, 2.45) is 5.92 Å². The number of halogens is 2. The van der Waals surface area contributed by atoms with Crippen molar-refractivity contribution in [1.82, 2.24) is 15.5 Å². The summed E-state index contributed by atoms with van der Waals surface area (Å²) in [4.78, 5) is 11.5. The van der Waals surface area contributed by atoms with Crippen LogP contribution in [0.2, 0.25) is 0 Å². The van der Waals surface area contributed by atoms with Gasteiger partial charge in [0.25, 0.3) is 5.91 Å². The van der Waals surface area contributed by atoms with E-state index in [4.69, 9.17) is 0 Å². The normalized spacial score (nSPS) is 10.6. The number of nitrogens with zero attached hydrogens (tertiary/aromatic N) is 1. The third-order valence-corrected chi connectivity index (χ3v) is 3.43. The number of H-pyrrole nitrogens is 1. The summed E-state index contributed by atoms with van der Waals surface area (Å²) in [6.07, 6.45) is 0. The molecule has 0 fully saturated rings. The second-order valence-electron chi connectivity index (χ2n) is 3.30. The number of amides is 1. The highest BCUT2D eigenvalue weighted by Crippen LogP contribution is 2.23. The van der Waals surface area contributed by atoms with Gasteiger partial charge in [0, 0.05) is 6.54 Å². The lowest BCUT2D eigenvalue weighted by atomic mass is 10.2. The van der Waals surface area contributed by atoms with Gasteiger partial charge in [0.05, 0.1) is 4.47 Å². The lowest BCUT2D eigenvalue weighted by molar-refractivity contribution is 0.0943. The molecule has 0 aliphatic rings. The van der Waals surface area contributed by atoms with Gasteiger partial charge in [-0.2, -0.15) is 5.10 Å². The van der Waals surface area contributed by atoms with Gasteiger partial charge < -0.3 is 5.32 Å². The fraction of sp³-hybridized carbons (Fsp3) is 0.500. The van der Waals surface area contributed by atoms with Crippen LogP contribution in [-0.4, -0.2) is 22.6 Å². The quantitative estimate of drug-likeness (QED) is 0.896. The Bertz CT molecular complexity index is 335. The fourth-order valence-corrected chi connectivity index (χ4v) is 1.47. The number of carbonyl (C=O) groups is 1. The molecular weight excluding hydrogens is 314 g/mol. The topological polar surface area (TPSA) is 57.8 Å². The zero-order valence-corrected chi connectivity index (χ0v) is 11.1. The van der Waals surface area contributed by atoms with Crippen molar-refractivity contribution in [3.05, 3.63) is 14.8 Å². The van der Waals surface area contributed by atoms with Crippen LogP contribution in [0.3, 0.4) is 0 Å². The van der Waals surface area contributed by atoms with Gasteiger partial charge in [0.15, 0.2) is 5.69 Å². The van der Waals surface area contributed by atoms with Gasteiger partial charge in [-0.25, -0.2) is 0 Å². The first-order valence-corrected chi connectivity index (χ1v) is 5.78. The van der Waals surface area contributed by atoms with Gasteiger partial charge in [0.2, 0.25) is 0 Å². The van der Waals surface area contributed by atoms with E-state index in [0.717, 1.165) is 0 Å². The monoisotopic (exact) mass is 323 g/mol. The smallest absolute Gasteiger partial charge is 0.273 e. The van der Waals surface area contributed by atoms with Gasteiger partial charge in [-0.1, -0.05) is 13.8 Å². The van der Waals surface area contributed by atoms with E-state index in [-0.39, 0.29) is 5.91 Å². The van der Waals surface area contributed by atoms with Crippen molar-refractivity contribution < 1.29 is 4.79 Å². The molecule has 1 heterocycles. The molecule has 6 heteroatoms. The molecule has 0 saturated carbocycles. The van der Waals surface area contributed by atoms with E-state index in [9.17, 15) is 4.79 Å². The summed E-state index contributed by atoms with van der Waals surface area (Å²) in [6, 6.07) is 0. The van der Waals surface area contributed by atoms with E-state index in [1.54, 1.807) is 0 Å². The highest BCUT2D eigenvalue weighted by atomic mass is 79.9. The van der Waals surface area contributed by atoms with E-state index in [1.165, 1.54) is 0 Å². The average molecular weight is 325 g/mol. The minimum absolute atomic E-state index is 0.174. The van der Waals surface area contributed by atoms with E-state index < -0.39 is 0 Å². The maximum absolute atomic E-state index is 11.5. The average Bonchev–Trinajstić information content (AvgIpc) is 2.44. The van der Waals surface area contributed by atoms with Crippen LogP contribution >= 0.6 is 31.9 Å². The van der Waals surface area contributed by atoms with Crippen LogP contribution in [0, 0.1) is 5.92 Å². The summed E-state index contributed by atoms with van der Waals surface area (Å²) in [7, 11) is 0. The molecule has 0 atom stereocenters. The van der Waals surface area contributed by atoms with Crippen LogP contribution in [0.5, 0.6) is 0 Å². The Hall–Kier alpha value is -0.360. The van der Waals surface area contributed by atoms with E-state index in [2.05, 4.69) is 47.4 Å². The minimum Gasteiger partial charge on any atom is -0.350 e. The van der Waals surface area contributed by atoms with Crippen molar-refractivity contribution in [2.45, 2.75) is 13.8 Å². The van der Waals surface area contributed by atoms with Crippen LogP contribution in [0.4, 0.5) is 0 Å². The van der Waals surface area contributed by atoms with E-state index in [0.29, 0.717) is 27.2 Å². The maximum Gasteiger partial charge on any atom is 0.273 e. The Morgan fingerprint density at radius 2 is 2.21 bits per heavy atom. The number of carbonyl (C=O) groups excluding carboxylic acids is 1. The number of hydrogen-bond donors (Lipinski definition) is 2. The zero-order chi connectivity index (χ0) is 10.7. The second kappa shape index (κ2) is 4.93. The molecule has 14 heavy (non-hydrogen) atoms. The molecule has 0 bridgehead atoms. The SMILES string of the molecule is CC(C)CNC(=O)c1n[nH]c(Br)c1Br. The van der Waals surface area contributed by atoms with Gasteiger partial charge in [-0.05, 0) is 37.8 Å². The summed E-state index contributed by atoms with van der Waals surface area (Å²) in [5.41, 5.74) is 0.373. The standard InChI is InChI=1S/C8H11Br2N3O/c1-4(2)3-11-8(14)6-5(9)7(10)13-12-6/h4H,3H2,1-2H3,(H,11,14)(H,12,13). The molecule has 0 unspecified atom stereocenters. The Morgan fingerprint density at radius 1 is 1.57 bits per heavy atom. The van der Waals surface area contributed by atoms with Gasteiger partial charge in [0.1, 0.15) is 4.60 Å². The second-order valence-corrected chi connectivity index (χ2v) is 4.89. The first-order chi connectivity index (χ1) is 6.52. The number of aromatic nitrogens is 2. The molecule has 0 spiro atoms. The zero-order valence-electron chi connectivity index (χ0n) is 7.90. The molecule has 1 aromatic rings. The van der Waals surface area contributed by atoms with Crippen LogP contribution in [0.1, 0.15) is 24.3 Å². The lowest BCUT2D eigenvalue weighted by Crippen LogP contribution is -2.27. The Morgan fingerprint density at radius 3 is 2.64 bits per heavy atom. The van der Waals surface area contributed by atoms with Crippen molar-refractivity contribution >= 4 is 37.8 Å². The first-order valence-electron chi connectivity index (χ1n) is 4.20. The minimum atomic E-state index is -0.174. The Kier molecular flexibility index (Phi) is 4.12. The van der Waals surface area contributed by atoms with Crippen LogP contribution in [0.25, 0.3) is 0 Å². The summed E-state index contributed by atoms with van der Waals surface area (Å²) in [5, 5.41) is 9.31. The van der Waals surface area contributed by atoms with Gasteiger partial charge in [-0.15, -0.1) is 0 Å². The lowest BCUT2D eigenvalue weighted by Gasteiger charge is -2.05. The molecule has 2 N–H and O–H groups in total. The predicted octanol–water partition coefficient (Wildman–Crippen LogP) is 2.32. The fourth-order valence-electron chi connectivity index (χ4n) is 0.838. The first kappa shape index (κ1) is 11.7. The molecule has 1 aromatic heterocycles. The number of nitrogens with one attached hydrogen (secondary N) is 2. The van der Waals surface area contributed by atoms with Crippen molar-refractivity contribution in [1.29, 1.82) is 0 Å². The predicted molar refractivity (Wildman–Crippen MR) is 61.2 cm³/mol. The van der Waals surface area contributed by atoms with Crippen LogP contribution in [0.15, 0.2) is 9.08 Å². The highest BCUT2D eigenvalue weighted by Gasteiger charge is 2.15. The van der Waals surface area contributed by atoms with Crippen LogP contribution < -0.4 is 5.32 Å². The summed E-state index contributed by atoms with van der Waals surface area (Å²) in [5.74, 6) is 0.257. The Labute approximate surface area is 99.1 Å². The molecule has 0 aliphatic carbocycles.